The lowest BCUT2D eigenvalue weighted by atomic mass is 10.1. The fourth-order valence-electron chi connectivity index (χ4n) is 1.48. The van der Waals surface area contributed by atoms with Crippen molar-refractivity contribution < 1.29 is 19.4 Å². The van der Waals surface area contributed by atoms with Gasteiger partial charge in [0.1, 0.15) is 5.75 Å². The molecule has 19 heavy (non-hydrogen) atoms. The minimum atomic E-state index is -0.969. The number of carboxylic acid groups (broad SMARTS) is 1. The van der Waals surface area contributed by atoms with Crippen LogP contribution in [0, 0.1) is 0 Å². The van der Waals surface area contributed by atoms with E-state index in [1.807, 2.05) is 32.9 Å². The number of rotatable bonds is 5. The predicted octanol–water partition coefficient (Wildman–Crippen LogP) is 3.11. The van der Waals surface area contributed by atoms with E-state index in [1.165, 1.54) is 0 Å². The molecule has 4 heteroatoms. The molecule has 0 heterocycles. The summed E-state index contributed by atoms with van der Waals surface area (Å²) in [5.74, 6) is -0.236. The van der Waals surface area contributed by atoms with Gasteiger partial charge in [-0.1, -0.05) is 6.07 Å². The molecule has 1 rings (SSSR count). The first-order valence-corrected chi connectivity index (χ1v) is 6.04. The quantitative estimate of drug-likeness (QED) is 0.830. The molecule has 0 unspecified atom stereocenters. The molecule has 4 nitrogen and oxygen atoms in total. The first-order valence-electron chi connectivity index (χ1n) is 6.04. The molecule has 0 amide bonds. The third-order valence-electron chi connectivity index (χ3n) is 2.38. The number of hydrogen-bond acceptors (Lipinski definition) is 3. The molecule has 0 saturated heterocycles. The maximum absolute atomic E-state index is 10.5. The molecular weight excluding hydrogens is 244 g/mol. The molecule has 0 atom stereocenters. The lowest BCUT2D eigenvalue weighted by Gasteiger charge is -2.20. The van der Waals surface area contributed by atoms with Gasteiger partial charge in [-0.05, 0) is 44.5 Å². The van der Waals surface area contributed by atoms with Crippen molar-refractivity contribution in [3.8, 4) is 5.75 Å². The number of aliphatic carboxylic acids is 1. The fourth-order valence-corrected chi connectivity index (χ4v) is 1.48. The Bertz CT molecular complexity index is 470. The van der Waals surface area contributed by atoms with Gasteiger partial charge >= 0.3 is 5.97 Å². The van der Waals surface area contributed by atoms with Crippen LogP contribution in [0.5, 0.6) is 5.75 Å². The van der Waals surface area contributed by atoms with Gasteiger partial charge in [-0.25, -0.2) is 4.79 Å². The molecule has 0 bridgehead atoms. The highest BCUT2D eigenvalue weighted by molar-refractivity contribution is 5.85. The topological polar surface area (TPSA) is 55.8 Å². The Morgan fingerprint density at radius 3 is 2.58 bits per heavy atom. The van der Waals surface area contributed by atoms with Crippen LogP contribution in [-0.2, 0) is 16.1 Å². The molecule has 0 spiro atoms. The second-order valence-electron chi connectivity index (χ2n) is 5.14. The molecular formula is C15H20O4. The molecule has 0 radical (unpaired) electrons. The minimum Gasteiger partial charge on any atom is -0.496 e. The highest BCUT2D eigenvalue weighted by Crippen LogP contribution is 2.23. The van der Waals surface area contributed by atoms with Crippen molar-refractivity contribution in [2.45, 2.75) is 33.0 Å². The summed E-state index contributed by atoms with van der Waals surface area (Å²) in [6, 6.07) is 5.48. The fraction of sp³-hybridized carbons (Fsp3) is 0.400. The van der Waals surface area contributed by atoms with Gasteiger partial charge in [0.05, 0.1) is 19.3 Å². The SMILES string of the molecule is COc1ccc(C=CC(=O)O)cc1COC(C)(C)C. The standard InChI is InChI=1S/C15H20O4/c1-15(2,3)19-10-12-9-11(6-8-14(16)17)5-7-13(12)18-4/h5-9H,10H2,1-4H3,(H,16,17). The van der Waals surface area contributed by atoms with Crippen molar-refractivity contribution >= 4 is 12.0 Å². The maximum atomic E-state index is 10.5. The molecule has 0 saturated carbocycles. The van der Waals surface area contributed by atoms with E-state index < -0.39 is 5.97 Å². The number of ether oxygens (including phenoxy) is 2. The van der Waals surface area contributed by atoms with Gasteiger partial charge in [0.2, 0.25) is 0 Å². The number of carboxylic acids is 1. The molecule has 1 N–H and O–H groups in total. The summed E-state index contributed by atoms with van der Waals surface area (Å²) < 4.78 is 11.0. The second kappa shape index (κ2) is 6.38. The summed E-state index contributed by atoms with van der Waals surface area (Å²) in [5.41, 5.74) is 1.46. The normalized spacial score (nSPS) is 11.8. The van der Waals surface area contributed by atoms with Gasteiger partial charge in [0.25, 0.3) is 0 Å². The first kappa shape index (κ1) is 15.2. The van der Waals surface area contributed by atoms with E-state index in [-0.39, 0.29) is 5.60 Å². The molecule has 0 aliphatic carbocycles. The van der Waals surface area contributed by atoms with Gasteiger partial charge in [-0.2, -0.15) is 0 Å². The molecule has 0 aromatic heterocycles. The molecule has 0 aliphatic heterocycles. The third-order valence-corrected chi connectivity index (χ3v) is 2.38. The Morgan fingerprint density at radius 2 is 2.05 bits per heavy atom. The third kappa shape index (κ3) is 5.57. The van der Waals surface area contributed by atoms with Crippen LogP contribution in [0.3, 0.4) is 0 Å². The van der Waals surface area contributed by atoms with Gasteiger partial charge < -0.3 is 14.6 Å². The van der Waals surface area contributed by atoms with Gasteiger partial charge in [-0.15, -0.1) is 0 Å². The number of hydrogen-bond donors (Lipinski definition) is 1. The van der Waals surface area contributed by atoms with E-state index in [9.17, 15) is 4.79 Å². The highest BCUT2D eigenvalue weighted by atomic mass is 16.5. The van der Waals surface area contributed by atoms with Crippen LogP contribution in [0.25, 0.3) is 6.08 Å². The summed E-state index contributed by atoms with van der Waals surface area (Å²) in [4.78, 5) is 10.5. The van der Waals surface area contributed by atoms with Crippen molar-refractivity contribution in [2.75, 3.05) is 7.11 Å². The Balaban J connectivity index is 2.93. The Hall–Kier alpha value is -1.81. The lowest BCUT2D eigenvalue weighted by molar-refractivity contribution is -0.131. The minimum absolute atomic E-state index is 0.238. The van der Waals surface area contributed by atoms with E-state index in [2.05, 4.69) is 0 Å². The smallest absolute Gasteiger partial charge is 0.328 e. The largest absolute Gasteiger partial charge is 0.496 e. The van der Waals surface area contributed by atoms with E-state index in [0.717, 1.165) is 23.0 Å². The second-order valence-corrected chi connectivity index (χ2v) is 5.14. The van der Waals surface area contributed by atoms with Crippen molar-refractivity contribution in [1.82, 2.24) is 0 Å². The summed E-state index contributed by atoms with van der Waals surface area (Å²) in [5, 5.41) is 8.62. The Labute approximate surface area is 113 Å². The van der Waals surface area contributed by atoms with Crippen LogP contribution < -0.4 is 4.74 Å². The van der Waals surface area contributed by atoms with Crippen LogP contribution in [0.2, 0.25) is 0 Å². The monoisotopic (exact) mass is 264 g/mol. The summed E-state index contributed by atoms with van der Waals surface area (Å²) in [7, 11) is 1.60. The molecule has 0 aliphatic rings. The summed E-state index contributed by atoms with van der Waals surface area (Å²) in [6.07, 6.45) is 2.65. The van der Waals surface area contributed by atoms with Crippen molar-refractivity contribution in [3.63, 3.8) is 0 Å². The predicted molar refractivity (Wildman–Crippen MR) is 74.2 cm³/mol. The highest BCUT2D eigenvalue weighted by Gasteiger charge is 2.12. The molecule has 1 aromatic rings. The maximum Gasteiger partial charge on any atom is 0.328 e. The molecule has 1 aromatic carbocycles. The summed E-state index contributed by atoms with van der Waals surface area (Å²) in [6.45, 7) is 6.36. The van der Waals surface area contributed by atoms with Crippen molar-refractivity contribution in [3.05, 3.63) is 35.4 Å². The van der Waals surface area contributed by atoms with Crippen LogP contribution >= 0.6 is 0 Å². The van der Waals surface area contributed by atoms with Gasteiger partial charge in [0.15, 0.2) is 0 Å². The van der Waals surface area contributed by atoms with E-state index >= 15 is 0 Å². The Kier molecular flexibility index (Phi) is 5.12. The van der Waals surface area contributed by atoms with Gasteiger partial charge in [0, 0.05) is 11.6 Å². The zero-order valence-corrected chi connectivity index (χ0v) is 11.8. The number of carbonyl (C=O) groups is 1. The number of benzene rings is 1. The van der Waals surface area contributed by atoms with E-state index in [1.54, 1.807) is 19.3 Å². The average molecular weight is 264 g/mol. The first-order chi connectivity index (χ1) is 8.81. The Morgan fingerprint density at radius 1 is 1.37 bits per heavy atom. The van der Waals surface area contributed by atoms with Crippen LogP contribution in [0.15, 0.2) is 24.3 Å². The van der Waals surface area contributed by atoms with Crippen LogP contribution in [-0.4, -0.2) is 23.8 Å². The average Bonchev–Trinajstić information content (AvgIpc) is 2.33. The lowest BCUT2D eigenvalue weighted by Crippen LogP contribution is -2.18. The van der Waals surface area contributed by atoms with Crippen molar-refractivity contribution in [1.29, 1.82) is 0 Å². The number of methoxy groups -OCH3 is 1. The van der Waals surface area contributed by atoms with Crippen molar-refractivity contribution in [2.24, 2.45) is 0 Å². The van der Waals surface area contributed by atoms with Crippen LogP contribution in [0.4, 0.5) is 0 Å². The van der Waals surface area contributed by atoms with E-state index in [0.29, 0.717) is 6.61 Å². The summed E-state index contributed by atoms with van der Waals surface area (Å²) >= 11 is 0. The van der Waals surface area contributed by atoms with E-state index in [4.69, 9.17) is 14.6 Å². The molecule has 0 fully saturated rings. The zero-order chi connectivity index (χ0) is 14.5. The van der Waals surface area contributed by atoms with Gasteiger partial charge in [-0.3, -0.25) is 0 Å². The molecule has 104 valence electrons. The zero-order valence-electron chi connectivity index (χ0n) is 11.8. The van der Waals surface area contributed by atoms with Crippen LogP contribution in [0.1, 0.15) is 31.9 Å².